The van der Waals surface area contributed by atoms with Gasteiger partial charge in [-0.1, -0.05) is 12.8 Å². The van der Waals surface area contributed by atoms with Crippen molar-refractivity contribution in [3.8, 4) is 0 Å². The molecule has 1 aromatic rings. The van der Waals surface area contributed by atoms with Gasteiger partial charge in [-0.3, -0.25) is 4.68 Å². The summed E-state index contributed by atoms with van der Waals surface area (Å²) in [4.78, 5) is 0. The fraction of sp³-hybridized carbons (Fsp3) is 0.800. The summed E-state index contributed by atoms with van der Waals surface area (Å²) >= 11 is 0. The zero-order valence-electron chi connectivity index (χ0n) is 11.8. The Hall–Kier alpha value is -0.870. The summed E-state index contributed by atoms with van der Waals surface area (Å²) in [7, 11) is 2.03. The van der Waals surface area contributed by atoms with Crippen LogP contribution in [0.5, 0.6) is 0 Å². The number of fused-ring (bicyclic) bond motifs is 1. The first kappa shape index (κ1) is 13.1. The molecule has 0 saturated heterocycles. The van der Waals surface area contributed by atoms with Gasteiger partial charge in [-0.2, -0.15) is 5.10 Å². The van der Waals surface area contributed by atoms with E-state index >= 15 is 0 Å². The van der Waals surface area contributed by atoms with Crippen LogP contribution in [0.25, 0.3) is 0 Å². The molecule has 3 rings (SSSR count). The maximum Gasteiger partial charge on any atom is 0.0580 e. The first-order valence-electron chi connectivity index (χ1n) is 7.68. The zero-order chi connectivity index (χ0) is 13.2. The van der Waals surface area contributed by atoms with E-state index in [1.54, 1.807) is 0 Å². The summed E-state index contributed by atoms with van der Waals surface area (Å²) < 4.78 is 2.01. The normalized spacial score (nSPS) is 31.2. The number of aryl methyl sites for hydroxylation is 1. The second kappa shape index (κ2) is 5.63. The van der Waals surface area contributed by atoms with E-state index in [-0.39, 0.29) is 6.10 Å². The van der Waals surface area contributed by atoms with Gasteiger partial charge in [-0.25, -0.2) is 0 Å². The topological polar surface area (TPSA) is 50.1 Å². The molecule has 2 aliphatic carbocycles. The van der Waals surface area contributed by atoms with Crippen molar-refractivity contribution in [3.63, 3.8) is 0 Å². The molecule has 0 aliphatic heterocycles. The van der Waals surface area contributed by atoms with Crippen LogP contribution in [0.3, 0.4) is 0 Å². The highest BCUT2D eigenvalue weighted by Crippen LogP contribution is 2.30. The van der Waals surface area contributed by atoms with Crippen molar-refractivity contribution in [2.45, 2.75) is 57.1 Å². The number of nitrogens with one attached hydrogen (secondary N) is 1. The minimum Gasteiger partial charge on any atom is -0.393 e. The average molecular weight is 263 g/mol. The van der Waals surface area contributed by atoms with Gasteiger partial charge in [0.25, 0.3) is 0 Å². The van der Waals surface area contributed by atoms with Crippen molar-refractivity contribution >= 4 is 0 Å². The van der Waals surface area contributed by atoms with Crippen LogP contribution in [-0.2, 0) is 13.5 Å². The molecule has 4 heteroatoms. The molecule has 106 valence electrons. The van der Waals surface area contributed by atoms with E-state index in [2.05, 4.69) is 10.4 Å². The standard InChI is InChI=1S/C15H25N3O/c1-18-14-7-4-6-13(12(14)10-17-18)16-9-11-5-2-3-8-15(11)19/h10-11,13,15-16,19H,2-9H2,1H3. The first-order valence-corrected chi connectivity index (χ1v) is 7.68. The average Bonchev–Trinajstić information content (AvgIpc) is 2.81. The quantitative estimate of drug-likeness (QED) is 0.876. The third-order valence-electron chi connectivity index (χ3n) is 4.87. The first-order chi connectivity index (χ1) is 9.25. The fourth-order valence-corrected chi connectivity index (χ4v) is 3.64. The Labute approximate surface area is 115 Å². The number of hydrogen-bond acceptors (Lipinski definition) is 3. The summed E-state index contributed by atoms with van der Waals surface area (Å²) in [6.45, 7) is 0.945. The number of aliphatic hydroxyl groups excluding tert-OH is 1. The largest absolute Gasteiger partial charge is 0.393 e. The third kappa shape index (κ3) is 2.70. The Bertz CT molecular complexity index is 429. The zero-order valence-corrected chi connectivity index (χ0v) is 11.8. The molecule has 2 N–H and O–H groups in total. The molecule has 0 spiro atoms. The van der Waals surface area contributed by atoms with Crippen molar-refractivity contribution in [2.75, 3.05) is 6.54 Å². The second-order valence-electron chi connectivity index (χ2n) is 6.14. The van der Waals surface area contributed by atoms with Crippen molar-refractivity contribution < 1.29 is 5.11 Å². The van der Waals surface area contributed by atoms with Gasteiger partial charge in [0.05, 0.1) is 12.3 Å². The summed E-state index contributed by atoms with van der Waals surface area (Å²) in [5, 5.41) is 18.1. The van der Waals surface area contributed by atoms with E-state index in [0.717, 1.165) is 19.4 Å². The Morgan fingerprint density at radius 2 is 2.16 bits per heavy atom. The van der Waals surface area contributed by atoms with Gasteiger partial charge in [0.1, 0.15) is 0 Å². The second-order valence-corrected chi connectivity index (χ2v) is 6.14. The van der Waals surface area contributed by atoms with Crippen LogP contribution in [-0.4, -0.2) is 27.5 Å². The Morgan fingerprint density at radius 1 is 1.32 bits per heavy atom. The van der Waals surface area contributed by atoms with Crippen LogP contribution in [0.2, 0.25) is 0 Å². The molecule has 1 heterocycles. The highest BCUT2D eigenvalue weighted by molar-refractivity contribution is 5.24. The van der Waals surface area contributed by atoms with E-state index < -0.39 is 0 Å². The molecule has 0 bridgehead atoms. The Balaban J connectivity index is 1.61. The number of rotatable bonds is 3. The van der Waals surface area contributed by atoms with Crippen LogP contribution in [0.1, 0.15) is 55.8 Å². The number of hydrogen-bond donors (Lipinski definition) is 2. The van der Waals surface area contributed by atoms with Gasteiger partial charge in [-0.05, 0) is 38.0 Å². The molecule has 4 nitrogen and oxygen atoms in total. The Morgan fingerprint density at radius 3 is 3.00 bits per heavy atom. The molecular formula is C15H25N3O. The van der Waals surface area contributed by atoms with Crippen molar-refractivity contribution in [1.29, 1.82) is 0 Å². The number of aliphatic hydroxyl groups is 1. The van der Waals surface area contributed by atoms with E-state index in [1.807, 2.05) is 17.9 Å². The van der Waals surface area contributed by atoms with Crippen LogP contribution in [0, 0.1) is 5.92 Å². The molecule has 2 aliphatic rings. The van der Waals surface area contributed by atoms with Gasteiger partial charge in [0.2, 0.25) is 0 Å². The predicted octanol–water partition coefficient (Wildman–Crippen LogP) is 1.94. The molecule has 1 aromatic heterocycles. The van der Waals surface area contributed by atoms with E-state index in [4.69, 9.17) is 0 Å². The Kier molecular flexibility index (Phi) is 3.89. The minimum atomic E-state index is -0.0989. The maximum absolute atomic E-state index is 10.0. The van der Waals surface area contributed by atoms with Crippen molar-refractivity contribution in [1.82, 2.24) is 15.1 Å². The molecule has 1 fully saturated rings. The number of nitrogens with zero attached hydrogens (tertiary/aromatic N) is 2. The lowest BCUT2D eigenvalue weighted by molar-refractivity contribution is 0.0677. The smallest absolute Gasteiger partial charge is 0.0580 e. The molecular weight excluding hydrogens is 238 g/mol. The molecule has 0 amide bonds. The molecule has 0 radical (unpaired) electrons. The van der Waals surface area contributed by atoms with Gasteiger partial charge in [-0.15, -0.1) is 0 Å². The van der Waals surface area contributed by atoms with E-state index in [9.17, 15) is 5.11 Å². The summed E-state index contributed by atoms with van der Waals surface area (Å²) in [5.41, 5.74) is 2.76. The molecule has 19 heavy (non-hydrogen) atoms. The number of aromatic nitrogens is 2. The van der Waals surface area contributed by atoms with Gasteiger partial charge >= 0.3 is 0 Å². The van der Waals surface area contributed by atoms with Gasteiger partial charge in [0, 0.05) is 30.9 Å². The molecule has 3 unspecified atom stereocenters. The minimum absolute atomic E-state index is 0.0989. The third-order valence-corrected chi connectivity index (χ3v) is 4.87. The highest BCUT2D eigenvalue weighted by atomic mass is 16.3. The molecule has 1 saturated carbocycles. The summed E-state index contributed by atoms with van der Waals surface area (Å²) in [6, 6.07) is 0.437. The lowest BCUT2D eigenvalue weighted by atomic mass is 9.85. The van der Waals surface area contributed by atoms with E-state index in [1.165, 1.54) is 43.4 Å². The highest BCUT2D eigenvalue weighted by Gasteiger charge is 2.27. The lowest BCUT2D eigenvalue weighted by Gasteiger charge is -2.31. The maximum atomic E-state index is 10.0. The SMILES string of the molecule is Cn1ncc2c1CCCC2NCC1CCCCC1O. The van der Waals surface area contributed by atoms with Crippen LogP contribution >= 0.6 is 0 Å². The monoisotopic (exact) mass is 263 g/mol. The van der Waals surface area contributed by atoms with Crippen molar-refractivity contribution in [2.24, 2.45) is 13.0 Å². The molecule has 3 atom stereocenters. The van der Waals surface area contributed by atoms with Crippen LogP contribution in [0.4, 0.5) is 0 Å². The lowest BCUT2D eigenvalue weighted by Crippen LogP contribution is -2.36. The predicted molar refractivity (Wildman–Crippen MR) is 74.9 cm³/mol. The van der Waals surface area contributed by atoms with Gasteiger partial charge in [0.15, 0.2) is 0 Å². The molecule has 0 aromatic carbocycles. The van der Waals surface area contributed by atoms with E-state index in [0.29, 0.717) is 12.0 Å². The fourth-order valence-electron chi connectivity index (χ4n) is 3.64. The van der Waals surface area contributed by atoms with Crippen molar-refractivity contribution in [3.05, 3.63) is 17.5 Å². The van der Waals surface area contributed by atoms with Crippen LogP contribution < -0.4 is 5.32 Å². The summed E-state index contributed by atoms with van der Waals surface area (Å²) in [5.74, 6) is 0.441. The van der Waals surface area contributed by atoms with Crippen LogP contribution in [0.15, 0.2) is 6.20 Å². The van der Waals surface area contributed by atoms with Gasteiger partial charge < -0.3 is 10.4 Å². The summed E-state index contributed by atoms with van der Waals surface area (Å²) in [6.07, 6.45) is 10.1.